The lowest BCUT2D eigenvalue weighted by molar-refractivity contribution is -0.0850. The van der Waals surface area contributed by atoms with Gasteiger partial charge >= 0.3 is 0 Å². The molecule has 25 heavy (non-hydrogen) atoms. The fraction of sp³-hybridized carbons (Fsp3) is 0.947. The van der Waals surface area contributed by atoms with Crippen LogP contribution in [0.2, 0.25) is 0 Å². The van der Waals surface area contributed by atoms with Gasteiger partial charge < -0.3 is 20.1 Å². The van der Waals surface area contributed by atoms with E-state index in [0.717, 1.165) is 19.0 Å². The summed E-state index contributed by atoms with van der Waals surface area (Å²) >= 11 is 0. The maximum absolute atomic E-state index is 5.70. The van der Waals surface area contributed by atoms with Crippen LogP contribution in [-0.2, 0) is 9.47 Å². The van der Waals surface area contributed by atoms with Crippen LogP contribution in [0.15, 0.2) is 4.99 Å². The molecule has 0 radical (unpaired) electrons. The average molecular weight is 353 g/mol. The van der Waals surface area contributed by atoms with Gasteiger partial charge in [0.25, 0.3) is 0 Å². The van der Waals surface area contributed by atoms with E-state index < -0.39 is 0 Å². The Morgan fingerprint density at radius 2 is 1.80 bits per heavy atom. The molecule has 1 aliphatic carbocycles. The monoisotopic (exact) mass is 352 g/mol. The molecule has 0 aromatic carbocycles. The number of guanidine groups is 1. The Balaban J connectivity index is 1.51. The van der Waals surface area contributed by atoms with E-state index in [4.69, 9.17) is 9.47 Å². The number of nitrogens with zero attached hydrogens (tertiary/aromatic N) is 2. The Morgan fingerprint density at radius 1 is 1.04 bits per heavy atom. The molecule has 1 unspecified atom stereocenters. The molecular formula is C19H36N4O2. The Labute approximate surface area is 152 Å². The number of piperidine rings is 1. The highest BCUT2D eigenvalue weighted by Gasteiger charge is 2.38. The quantitative estimate of drug-likeness (QED) is 0.583. The van der Waals surface area contributed by atoms with Crippen molar-refractivity contribution in [2.75, 3.05) is 53.0 Å². The van der Waals surface area contributed by atoms with Gasteiger partial charge in [-0.05, 0) is 38.8 Å². The summed E-state index contributed by atoms with van der Waals surface area (Å²) in [5.41, 5.74) is 0.320. The van der Waals surface area contributed by atoms with Crippen molar-refractivity contribution in [2.45, 2.75) is 63.0 Å². The molecule has 2 heterocycles. The van der Waals surface area contributed by atoms with Crippen LogP contribution in [-0.4, -0.2) is 75.5 Å². The minimum Gasteiger partial charge on any atom is -0.376 e. The van der Waals surface area contributed by atoms with Crippen LogP contribution in [0.1, 0.15) is 51.4 Å². The average Bonchev–Trinajstić information content (AvgIpc) is 2.70. The summed E-state index contributed by atoms with van der Waals surface area (Å²) in [5.74, 6) is 0.885. The van der Waals surface area contributed by atoms with Crippen molar-refractivity contribution in [3.63, 3.8) is 0 Å². The highest BCUT2D eigenvalue weighted by molar-refractivity contribution is 5.79. The predicted octanol–water partition coefficient (Wildman–Crippen LogP) is 1.76. The Bertz CT molecular complexity index is 412. The van der Waals surface area contributed by atoms with Crippen LogP contribution in [0.5, 0.6) is 0 Å². The second kappa shape index (κ2) is 9.74. The molecule has 2 N–H and O–H groups in total. The number of nitrogens with one attached hydrogen (secondary N) is 2. The minimum absolute atomic E-state index is 0.123. The normalized spacial score (nSPS) is 28.5. The van der Waals surface area contributed by atoms with Crippen molar-refractivity contribution in [3.8, 4) is 0 Å². The number of hydrogen-bond donors (Lipinski definition) is 2. The summed E-state index contributed by atoms with van der Waals surface area (Å²) in [6.07, 6.45) is 11.0. The standard InChI is InChI=1S/C19H36N4O2/c1-20-18(21-14-17-15-24-12-13-25-17)22-16-19(8-4-2-5-9-19)23-10-6-3-7-11-23/h17H,2-16H2,1H3,(H2,20,21,22). The zero-order chi connectivity index (χ0) is 17.4. The van der Waals surface area contributed by atoms with Crippen LogP contribution in [0, 0.1) is 0 Å². The van der Waals surface area contributed by atoms with Crippen molar-refractivity contribution < 1.29 is 9.47 Å². The second-order valence-corrected chi connectivity index (χ2v) is 7.71. The van der Waals surface area contributed by atoms with Crippen LogP contribution in [0.3, 0.4) is 0 Å². The second-order valence-electron chi connectivity index (χ2n) is 7.71. The predicted molar refractivity (Wildman–Crippen MR) is 101 cm³/mol. The van der Waals surface area contributed by atoms with Crippen LogP contribution in [0.25, 0.3) is 0 Å². The fourth-order valence-corrected chi connectivity index (χ4v) is 4.52. The third-order valence-corrected chi connectivity index (χ3v) is 6.00. The lowest BCUT2D eigenvalue weighted by Crippen LogP contribution is -2.59. The Hall–Kier alpha value is -0.850. The molecule has 3 fully saturated rings. The van der Waals surface area contributed by atoms with Gasteiger partial charge in [0, 0.05) is 25.7 Å². The van der Waals surface area contributed by atoms with Crippen LogP contribution in [0.4, 0.5) is 0 Å². The Kier molecular flexibility index (Phi) is 7.37. The summed E-state index contributed by atoms with van der Waals surface area (Å²) in [6.45, 7) is 6.34. The molecule has 3 rings (SSSR count). The number of ether oxygens (including phenoxy) is 2. The van der Waals surface area contributed by atoms with E-state index >= 15 is 0 Å². The highest BCUT2D eigenvalue weighted by atomic mass is 16.6. The topological polar surface area (TPSA) is 58.1 Å². The Morgan fingerprint density at radius 3 is 2.48 bits per heavy atom. The van der Waals surface area contributed by atoms with Gasteiger partial charge in [-0.15, -0.1) is 0 Å². The number of hydrogen-bond acceptors (Lipinski definition) is 4. The molecule has 6 heteroatoms. The van der Waals surface area contributed by atoms with Crippen molar-refractivity contribution >= 4 is 5.96 Å². The zero-order valence-corrected chi connectivity index (χ0v) is 15.9. The van der Waals surface area contributed by atoms with E-state index in [1.54, 1.807) is 0 Å². The van der Waals surface area contributed by atoms with E-state index in [2.05, 4.69) is 20.5 Å². The number of likely N-dealkylation sites (tertiary alicyclic amines) is 1. The van der Waals surface area contributed by atoms with E-state index in [9.17, 15) is 0 Å². The van der Waals surface area contributed by atoms with Crippen molar-refractivity contribution in [3.05, 3.63) is 0 Å². The van der Waals surface area contributed by atoms with Gasteiger partial charge in [0.2, 0.25) is 0 Å². The molecule has 2 saturated heterocycles. The SMILES string of the molecule is CN=C(NCC1COCCO1)NCC1(N2CCCCC2)CCCCC1. The molecule has 1 atom stereocenters. The maximum Gasteiger partial charge on any atom is 0.191 e. The molecular weight excluding hydrogens is 316 g/mol. The summed E-state index contributed by atoms with van der Waals surface area (Å²) in [6, 6.07) is 0. The molecule has 2 aliphatic heterocycles. The van der Waals surface area contributed by atoms with Crippen molar-refractivity contribution in [1.82, 2.24) is 15.5 Å². The largest absolute Gasteiger partial charge is 0.376 e. The van der Waals surface area contributed by atoms with E-state index in [-0.39, 0.29) is 6.10 Å². The van der Waals surface area contributed by atoms with Gasteiger partial charge in [-0.3, -0.25) is 9.89 Å². The molecule has 0 bridgehead atoms. The third-order valence-electron chi connectivity index (χ3n) is 6.00. The first-order valence-electron chi connectivity index (χ1n) is 10.2. The van der Waals surface area contributed by atoms with Crippen LogP contribution >= 0.6 is 0 Å². The summed E-state index contributed by atoms with van der Waals surface area (Å²) < 4.78 is 11.2. The molecule has 0 aromatic heterocycles. The van der Waals surface area contributed by atoms with Crippen LogP contribution < -0.4 is 10.6 Å². The first-order valence-corrected chi connectivity index (χ1v) is 10.2. The van der Waals surface area contributed by atoms with Gasteiger partial charge in [-0.25, -0.2) is 0 Å². The lowest BCUT2D eigenvalue weighted by Gasteiger charge is -2.48. The third kappa shape index (κ3) is 5.31. The molecule has 0 amide bonds. The van der Waals surface area contributed by atoms with E-state index in [1.165, 1.54) is 64.5 Å². The minimum atomic E-state index is 0.123. The summed E-state index contributed by atoms with van der Waals surface area (Å²) in [7, 11) is 1.85. The first kappa shape index (κ1) is 18.9. The molecule has 6 nitrogen and oxygen atoms in total. The van der Waals surface area contributed by atoms with Gasteiger partial charge in [-0.2, -0.15) is 0 Å². The van der Waals surface area contributed by atoms with E-state index in [0.29, 0.717) is 25.4 Å². The molecule has 144 valence electrons. The zero-order valence-electron chi connectivity index (χ0n) is 15.9. The van der Waals surface area contributed by atoms with Gasteiger partial charge in [0.15, 0.2) is 5.96 Å². The molecule has 0 spiro atoms. The molecule has 0 aromatic rings. The smallest absolute Gasteiger partial charge is 0.191 e. The van der Waals surface area contributed by atoms with Crippen molar-refractivity contribution in [2.24, 2.45) is 4.99 Å². The molecule has 3 aliphatic rings. The summed E-state index contributed by atoms with van der Waals surface area (Å²) in [4.78, 5) is 7.18. The summed E-state index contributed by atoms with van der Waals surface area (Å²) in [5, 5.41) is 7.03. The number of rotatable bonds is 5. The van der Waals surface area contributed by atoms with Gasteiger partial charge in [0.1, 0.15) is 0 Å². The number of aliphatic imine (C=N–C) groups is 1. The first-order chi connectivity index (χ1) is 12.3. The van der Waals surface area contributed by atoms with Gasteiger partial charge in [0.05, 0.1) is 25.9 Å². The maximum atomic E-state index is 5.70. The molecule has 1 saturated carbocycles. The van der Waals surface area contributed by atoms with Crippen molar-refractivity contribution in [1.29, 1.82) is 0 Å². The lowest BCUT2D eigenvalue weighted by atomic mass is 9.79. The fourth-order valence-electron chi connectivity index (χ4n) is 4.52. The highest BCUT2D eigenvalue weighted by Crippen LogP contribution is 2.35. The van der Waals surface area contributed by atoms with E-state index in [1.807, 2.05) is 7.05 Å². The van der Waals surface area contributed by atoms with Gasteiger partial charge in [-0.1, -0.05) is 25.7 Å².